The van der Waals surface area contributed by atoms with E-state index in [9.17, 15) is 18.3 Å². The fourth-order valence-electron chi connectivity index (χ4n) is 2.98. The third kappa shape index (κ3) is 5.79. The van der Waals surface area contributed by atoms with E-state index in [4.69, 9.17) is 8.92 Å². The molecule has 1 aromatic carbocycles. The van der Waals surface area contributed by atoms with Gasteiger partial charge in [-0.3, -0.25) is 8.98 Å². The Hall–Kier alpha value is -1.44. The number of hydrogen-bond acceptors (Lipinski definition) is 6. The summed E-state index contributed by atoms with van der Waals surface area (Å²) in [6.07, 6.45) is 3.87. The Balaban J connectivity index is 1.78. The third-order valence-electron chi connectivity index (χ3n) is 4.62. The zero-order chi connectivity index (χ0) is 19.2. The summed E-state index contributed by atoms with van der Waals surface area (Å²) >= 11 is 0. The first-order valence-electron chi connectivity index (χ1n) is 9.18. The number of cyclic esters (lactones) is 1. The standard InChI is InChI=1S/C19H28O6S/c1-3-4-5-6-7-17-18(25-19(17)21)12-15(20)13-24-26(22,23)16-10-8-14(2)9-11-16/h8-11,15,17-18,20H,3-7,12-13H2,1-2H3/t15-,17+,18+/m1/s1. The Kier molecular flexibility index (Phi) is 7.61. The van der Waals surface area contributed by atoms with Crippen LogP contribution >= 0.6 is 0 Å². The molecule has 1 heterocycles. The molecule has 1 N–H and O–H groups in total. The number of aryl methyl sites for hydroxylation is 1. The van der Waals surface area contributed by atoms with Gasteiger partial charge in [0.1, 0.15) is 6.10 Å². The van der Waals surface area contributed by atoms with Crippen LogP contribution in [0.25, 0.3) is 0 Å². The SMILES string of the molecule is CCCCCC[C@@H]1C(=O)O[C@H]1C[C@@H](O)COS(=O)(=O)c1ccc(C)cc1. The molecule has 7 heteroatoms. The largest absolute Gasteiger partial charge is 0.461 e. The first kappa shape index (κ1) is 20.9. The number of esters is 1. The molecule has 0 spiro atoms. The molecule has 0 unspecified atom stereocenters. The summed E-state index contributed by atoms with van der Waals surface area (Å²) in [5, 5.41) is 10.1. The van der Waals surface area contributed by atoms with E-state index in [0.29, 0.717) is 0 Å². The highest BCUT2D eigenvalue weighted by Crippen LogP contribution is 2.31. The van der Waals surface area contributed by atoms with Crippen molar-refractivity contribution in [3.8, 4) is 0 Å². The predicted molar refractivity (Wildman–Crippen MR) is 97.1 cm³/mol. The molecule has 0 saturated carbocycles. The van der Waals surface area contributed by atoms with E-state index >= 15 is 0 Å². The van der Waals surface area contributed by atoms with Crippen molar-refractivity contribution >= 4 is 16.1 Å². The number of unbranched alkanes of at least 4 members (excludes halogenated alkanes) is 3. The van der Waals surface area contributed by atoms with Crippen LogP contribution < -0.4 is 0 Å². The lowest BCUT2D eigenvalue weighted by Gasteiger charge is -2.36. The Labute approximate surface area is 155 Å². The third-order valence-corrected chi connectivity index (χ3v) is 5.91. The molecule has 0 amide bonds. The second kappa shape index (κ2) is 9.48. The maximum absolute atomic E-state index is 12.1. The Bertz CT molecular complexity index is 682. The van der Waals surface area contributed by atoms with E-state index in [1.807, 2.05) is 6.92 Å². The second-order valence-electron chi connectivity index (χ2n) is 6.87. The lowest BCUT2D eigenvalue weighted by molar-refractivity contribution is -0.189. The van der Waals surface area contributed by atoms with Crippen LogP contribution in [0.5, 0.6) is 0 Å². The summed E-state index contributed by atoms with van der Waals surface area (Å²) in [5.74, 6) is -0.429. The predicted octanol–water partition coefficient (Wildman–Crippen LogP) is 2.96. The number of benzene rings is 1. The second-order valence-corrected chi connectivity index (χ2v) is 8.49. The maximum Gasteiger partial charge on any atom is 0.313 e. The van der Waals surface area contributed by atoms with E-state index in [1.54, 1.807) is 12.1 Å². The highest BCUT2D eigenvalue weighted by Gasteiger charge is 2.42. The van der Waals surface area contributed by atoms with Gasteiger partial charge in [-0.1, -0.05) is 50.3 Å². The number of hydrogen-bond donors (Lipinski definition) is 1. The lowest BCUT2D eigenvalue weighted by atomic mass is 9.87. The van der Waals surface area contributed by atoms with Gasteiger partial charge in [0.05, 0.1) is 23.5 Å². The number of carbonyl (C=O) groups is 1. The van der Waals surface area contributed by atoms with E-state index in [1.165, 1.54) is 12.1 Å². The van der Waals surface area contributed by atoms with Crippen molar-refractivity contribution in [1.82, 2.24) is 0 Å². The average molecular weight is 384 g/mol. The molecule has 0 radical (unpaired) electrons. The smallest absolute Gasteiger partial charge is 0.313 e. The van der Waals surface area contributed by atoms with Crippen molar-refractivity contribution in [3.63, 3.8) is 0 Å². The number of ether oxygens (including phenoxy) is 1. The van der Waals surface area contributed by atoms with Gasteiger partial charge in [-0.05, 0) is 25.5 Å². The lowest BCUT2D eigenvalue weighted by Crippen LogP contribution is -2.47. The van der Waals surface area contributed by atoms with Crippen molar-refractivity contribution in [2.75, 3.05) is 6.61 Å². The minimum atomic E-state index is -3.91. The maximum atomic E-state index is 12.1. The Morgan fingerprint density at radius 2 is 1.88 bits per heavy atom. The van der Waals surface area contributed by atoms with Crippen LogP contribution in [0.3, 0.4) is 0 Å². The van der Waals surface area contributed by atoms with E-state index in [-0.39, 0.29) is 35.9 Å². The topological polar surface area (TPSA) is 89.9 Å². The molecule has 1 aromatic rings. The number of aliphatic hydroxyl groups is 1. The van der Waals surface area contributed by atoms with E-state index in [0.717, 1.165) is 37.7 Å². The molecule has 0 aromatic heterocycles. The normalized spacial score (nSPS) is 21.1. The van der Waals surface area contributed by atoms with Gasteiger partial charge in [-0.25, -0.2) is 0 Å². The van der Waals surface area contributed by atoms with Crippen molar-refractivity contribution in [3.05, 3.63) is 29.8 Å². The highest BCUT2D eigenvalue weighted by molar-refractivity contribution is 7.86. The van der Waals surface area contributed by atoms with Crippen molar-refractivity contribution < 1.29 is 27.2 Å². The summed E-state index contributed by atoms with van der Waals surface area (Å²) in [4.78, 5) is 11.6. The molecule has 6 nitrogen and oxygen atoms in total. The van der Waals surface area contributed by atoms with Crippen LogP contribution in [-0.4, -0.2) is 38.3 Å². The van der Waals surface area contributed by atoms with Gasteiger partial charge < -0.3 is 9.84 Å². The van der Waals surface area contributed by atoms with Crippen molar-refractivity contribution in [2.45, 2.75) is 69.5 Å². The van der Waals surface area contributed by atoms with Crippen LogP contribution in [0.4, 0.5) is 0 Å². The fraction of sp³-hybridized carbons (Fsp3) is 0.632. The quantitative estimate of drug-likeness (QED) is 0.358. The molecule has 0 bridgehead atoms. The number of rotatable bonds is 11. The summed E-state index contributed by atoms with van der Waals surface area (Å²) in [7, 11) is -3.91. The molecule has 0 aliphatic carbocycles. The molecule has 1 fully saturated rings. The molecular weight excluding hydrogens is 356 g/mol. The number of aliphatic hydroxyl groups excluding tert-OH is 1. The zero-order valence-corrected chi connectivity index (χ0v) is 16.2. The molecule has 1 aliphatic heterocycles. The summed E-state index contributed by atoms with van der Waals surface area (Å²) in [5.41, 5.74) is 0.945. The monoisotopic (exact) mass is 384 g/mol. The molecule has 26 heavy (non-hydrogen) atoms. The average Bonchev–Trinajstić information content (AvgIpc) is 2.60. The molecule has 1 saturated heterocycles. The first-order valence-corrected chi connectivity index (χ1v) is 10.6. The first-order chi connectivity index (χ1) is 12.3. The van der Waals surface area contributed by atoms with Crippen LogP contribution in [0.1, 0.15) is 51.0 Å². The summed E-state index contributed by atoms with van der Waals surface area (Å²) < 4.78 is 34.3. The van der Waals surface area contributed by atoms with E-state index in [2.05, 4.69) is 6.92 Å². The molecule has 1 aliphatic rings. The number of carbonyl (C=O) groups excluding carboxylic acids is 1. The van der Waals surface area contributed by atoms with Gasteiger partial charge in [0.15, 0.2) is 0 Å². The molecular formula is C19H28O6S. The van der Waals surface area contributed by atoms with Gasteiger partial charge in [0, 0.05) is 6.42 Å². The van der Waals surface area contributed by atoms with Gasteiger partial charge in [0.25, 0.3) is 10.1 Å². The van der Waals surface area contributed by atoms with Gasteiger partial charge in [-0.15, -0.1) is 0 Å². The Morgan fingerprint density at radius 3 is 2.50 bits per heavy atom. The van der Waals surface area contributed by atoms with E-state index < -0.39 is 16.2 Å². The van der Waals surface area contributed by atoms with Crippen LogP contribution in [0.2, 0.25) is 0 Å². The molecule has 3 atom stereocenters. The van der Waals surface area contributed by atoms with Crippen molar-refractivity contribution in [2.24, 2.45) is 5.92 Å². The minimum absolute atomic E-state index is 0.0548. The fourth-order valence-corrected chi connectivity index (χ4v) is 3.92. The summed E-state index contributed by atoms with van der Waals surface area (Å²) in [6.45, 7) is 3.63. The van der Waals surface area contributed by atoms with Gasteiger partial charge in [-0.2, -0.15) is 8.42 Å². The van der Waals surface area contributed by atoms with Gasteiger partial charge >= 0.3 is 5.97 Å². The zero-order valence-electron chi connectivity index (χ0n) is 15.4. The minimum Gasteiger partial charge on any atom is -0.461 e. The highest BCUT2D eigenvalue weighted by atomic mass is 32.2. The van der Waals surface area contributed by atoms with Crippen LogP contribution in [0, 0.1) is 12.8 Å². The van der Waals surface area contributed by atoms with Crippen molar-refractivity contribution in [1.29, 1.82) is 0 Å². The van der Waals surface area contributed by atoms with Crippen LogP contribution in [-0.2, 0) is 23.8 Å². The van der Waals surface area contributed by atoms with Crippen LogP contribution in [0.15, 0.2) is 29.2 Å². The Morgan fingerprint density at radius 1 is 1.19 bits per heavy atom. The summed E-state index contributed by atoms with van der Waals surface area (Å²) in [6, 6.07) is 6.31. The molecule has 146 valence electrons. The van der Waals surface area contributed by atoms with Gasteiger partial charge in [0.2, 0.25) is 0 Å². The molecule has 2 rings (SSSR count).